The summed E-state index contributed by atoms with van der Waals surface area (Å²) in [6.07, 6.45) is 1.74. The quantitative estimate of drug-likeness (QED) is 0.699. The molecule has 1 heterocycles. The Morgan fingerprint density at radius 3 is 2.71 bits per heavy atom. The Morgan fingerprint density at radius 2 is 1.96 bits per heavy atom. The number of aromatic amines is 1. The maximum absolute atomic E-state index is 12.5. The monoisotopic (exact) mass is 388 g/mol. The SMILES string of the molecule is COc1ccc(N=N/C(C#N)=c2\[nH]c(=O)/c(=C3\CCc4ccccc43)s2)cc1. The Hall–Kier alpha value is -3.50. The number of hydrogen-bond acceptors (Lipinski definition) is 6. The molecule has 7 heteroatoms. The smallest absolute Gasteiger partial charge is 0.266 e. The van der Waals surface area contributed by atoms with E-state index in [9.17, 15) is 10.1 Å². The normalized spacial score (nSPS) is 16.0. The third-order valence-corrected chi connectivity index (χ3v) is 5.69. The van der Waals surface area contributed by atoms with Gasteiger partial charge < -0.3 is 9.72 Å². The van der Waals surface area contributed by atoms with Crippen LogP contribution in [0, 0.1) is 11.3 Å². The third-order valence-electron chi connectivity index (χ3n) is 4.56. The molecule has 0 bridgehead atoms. The molecule has 0 spiro atoms. The highest BCUT2D eigenvalue weighted by molar-refractivity contribution is 7.07. The summed E-state index contributed by atoms with van der Waals surface area (Å²) >= 11 is 1.26. The molecule has 0 amide bonds. The van der Waals surface area contributed by atoms with Gasteiger partial charge in [0.25, 0.3) is 5.56 Å². The molecule has 3 aromatic rings. The van der Waals surface area contributed by atoms with Gasteiger partial charge in [0.1, 0.15) is 16.5 Å². The van der Waals surface area contributed by atoms with Gasteiger partial charge in [0, 0.05) is 0 Å². The van der Waals surface area contributed by atoms with Crippen LogP contribution in [-0.2, 0) is 6.42 Å². The van der Waals surface area contributed by atoms with Gasteiger partial charge in [-0.05, 0) is 53.8 Å². The van der Waals surface area contributed by atoms with Gasteiger partial charge in [-0.15, -0.1) is 21.6 Å². The highest BCUT2D eigenvalue weighted by Gasteiger charge is 2.18. The molecule has 1 aliphatic carbocycles. The van der Waals surface area contributed by atoms with E-state index in [1.807, 2.05) is 24.3 Å². The van der Waals surface area contributed by atoms with Gasteiger partial charge in [0.15, 0.2) is 5.70 Å². The molecule has 0 saturated heterocycles. The Kier molecular flexibility index (Phi) is 4.87. The fraction of sp³-hybridized carbons (Fsp3) is 0.143. The number of nitrogens with zero attached hydrogens (tertiary/aromatic N) is 3. The van der Waals surface area contributed by atoms with Gasteiger partial charge in [-0.25, -0.2) is 0 Å². The van der Waals surface area contributed by atoms with E-state index < -0.39 is 0 Å². The molecular weight excluding hydrogens is 372 g/mol. The molecule has 2 aromatic carbocycles. The zero-order valence-electron chi connectivity index (χ0n) is 15.1. The summed E-state index contributed by atoms with van der Waals surface area (Å²) in [5.41, 5.74) is 3.86. The Labute approximate surface area is 164 Å². The number of benzene rings is 2. The first-order valence-electron chi connectivity index (χ1n) is 8.70. The number of rotatable bonds is 3. The maximum atomic E-state index is 12.5. The Bertz CT molecular complexity index is 1280. The fourth-order valence-corrected chi connectivity index (χ4v) is 4.19. The van der Waals surface area contributed by atoms with Crippen molar-refractivity contribution in [3.63, 3.8) is 0 Å². The summed E-state index contributed by atoms with van der Waals surface area (Å²) in [7, 11) is 1.59. The summed E-state index contributed by atoms with van der Waals surface area (Å²) in [4.78, 5) is 15.3. The van der Waals surface area contributed by atoms with E-state index in [4.69, 9.17) is 4.74 Å². The number of methoxy groups -OCH3 is 1. The first kappa shape index (κ1) is 17.9. The Morgan fingerprint density at radius 1 is 1.18 bits per heavy atom. The van der Waals surface area contributed by atoms with E-state index in [0.29, 0.717) is 20.6 Å². The molecule has 0 radical (unpaired) electrons. The molecule has 1 aromatic heterocycles. The van der Waals surface area contributed by atoms with Crippen molar-refractivity contribution in [2.24, 2.45) is 10.2 Å². The van der Waals surface area contributed by atoms with Crippen molar-refractivity contribution in [2.75, 3.05) is 7.11 Å². The Balaban J connectivity index is 1.78. The second-order valence-corrected chi connectivity index (χ2v) is 7.23. The van der Waals surface area contributed by atoms with Gasteiger partial charge >= 0.3 is 0 Å². The number of aryl methyl sites for hydroxylation is 1. The van der Waals surface area contributed by atoms with Crippen LogP contribution in [-0.4, -0.2) is 12.1 Å². The fourth-order valence-electron chi connectivity index (χ4n) is 3.18. The number of aromatic nitrogens is 1. The van der Waals surface area contributed by atoms with Gasteiger partial charge in [-0.3, -0.25) is 4.79 Å². The molecule has 0 fully saturated rings. The van der Waals surface area contributed by atoms with E-state index in [1.54, 1.807) is 31.4 Å². The number of nitrogens with one attached hydrogen (secondary N) is 1. The largest absolute Gasteiger partial charge is 0.497 e. The first-order valence-corrected chi connectivity index (χ1v) is 9.52. The van der Waals surface area contributed by atoms with Crippen LogP contribution in [0.1, 0.15) is 17.5 Å². The van der Waals surface area contributed by atoms with Crippen molar-refractivity contribution in [3.05, 3.63) is 79.2 Å². The topological polar surface area (TPSA) is 90.6 Å². The average molecular weight is 388 g/mol. The standard InChI is InChI=1S/C21H16N4O2S/c1-27-15-9-7-14(8-10-15)24-25-18(12-22)21-23-20(26)19(28-21)17-11-6-13-4-2-3-5-16(13)17/h2-5,7-10H,6,11H2,1H3,(H,23,26)/b19-17-,21-18+,25-24?. The maximum Gasteiger partial charge on any atom is 0.266 e. The number of H-pyrrole nitrogens is 1. The first-order chi connectivity index (χ1) is 13.7. The number of azo groups is 1. The van der Waals surface area contributed by atoms with Crippen molar-refractivity contribution in [1.82, 2.24) is 4.98 Å². The number of nitriles is 1. The van der Waals surface area contributed by atoms with E-state index in [1.165, 1.54) is 16.9 Å². The molecule has 0 saturated carbocycles. The molecule has 0 atom stereocenters. The minimum Gasteiger partial charge on any atom is -0.497 e. The summed E-state index contributed by atoms with van der Waals surface area (Å²) in [5, 5.41) is 17.6. The molecule has 0 unspecified atom stereocenters. The van der Waals surface area contributed by atoms with Crippen molar-refractivity contribution in [1.29, 1.82) is 5.26 Å². The predicted octanol–water partition coefficient (Wildman–Crippen LogP) is 3.01. The van der Waals surface area contributed by atoms with Crippen LogP contribution in [0.5, 0.6) is 5.75 Å². The summed E-state index contributed by atoms with van der Waals surface area (Å²) < 4.78 is 6.15. The highest BCUT2D eigenvalue weighted by Crippen LogP contribution is 2.29. The van der Waals surface area contributed by atoms with Crippen molar-refractivity contribution in [3.8, 4) is 11.8 Å². The highest BCUT2D eigenvalue weighted by atomic mass is 32.1. The van der Waals surface area contributed by atoms with Crippen LogP contribution in [0.2, 0.25) is 0 Å². The third kappa shape index (κ3) is 3.38. The lowest BCUT2D eigenvalue weighted by atomic mass is 10.1. The lowest BCUT2D eigenvalue weighted by molar-refractivity contribution is 0.415. The molecule has 28 heavy (non-hydrogen) atoms. The lowest BCUT2D eigenvalue weighted by Crippen LogP contribution is -2.22. The minimum atomic E-state index is -0.195. The molecule has 1 N–H and O–H groups in total. The lowest BCUT2D eigenvalue weighted by Gasteiger charge is -1.97. The number of ether oxygens (including phenoxy) is 1. The summed E-state index contributed by atoms with van der Waals surface area (Å²) in [5.74, 6) is 0.713. The van der Waals surface area contributed by atoms with Crippen LogP contribution in [0.3, 0.4) is 0 Å². The van der Waals surface area contributed by atoms with Gasteiger partial charge in [-0.1, -0.05) is 24.3 Å². The van der Waals surface area contributed by atoms with Crippen LogP contribution in [0.15, 0.2) is 63.6 Å². The van der Waals surface area contributed by atoms with E-state index >= 15 is 0 Å². The van der Waals surface area contributed by atoms with Gasteiger partial charge in [0.05, 0.1) is 17.3 Å². The van der Waals surface area contributed by atoms with Crippen molar-refractivity contribution >= 4 is 28.3 Å². The molecule has 1 aliphatic rings. The molecule has 0 aliphatic heterocycles. The second-order valence-electron chi connectivity index (χ2n) is 6.21. The van der Waals surface area contributed by atoms with Gasteiger partial charge in [-0.2, -0.15) is 5.26 Å². The second kappa shape index (κ2) is 7.62. The number of thiazole rings is 1. The van der Waals surface area contributed by atoms with E-state index in [2.05, 4.69) is 21.3 Å². The van der Waals surface area contributed by atoms with Crippen molar-refractivity contribution < 1.29 is 4.74 Å². The number of hydrogen-bond donors (Lipinski definition) is 1. The molecule has 4 rings (SSSR count). The average Bonchev–Trinajstić information content (AvgIpc) is 3.32. The molecule has 138 valence electrons. The zero-order valence-corrected chi connectivity index (χ0v) is 15.9. The van der Waals surface area contributed by atoms with Gasteiger partial charge in [0.2, 0.25) is 0 Å². The van der Waals surface area contributed by atoms with Crippen molar-refractivity contribution in [2.45, 2.75) is 12.8 Å². The van der Waals surface area contributed by atoms with Crippen LogP contribution in [0.25, 0.3) is 11.3 Å². The number of fused-ring (bicyclic) bond motifs is 1. The zero-order chi connectivity index (χ0) is 19.5. The predicted molar refractivity (Wildman–Crippen MR) is 108 cm³/mol. The minimum absolute atomic E-state index is 0.0797. The van der Waals surface area contributed by atoms with Crippen LogP contribution >= 0.6 is 11.3 Å². The summed E-state index contributed by atoms with van der Waals surface area (Å²) in [6.45, 7) is 0. The van der Waals surface area contributed by atoms with E-state index in [-0.39, 0.29) is 11.3 Å². The molecule has 6 nitrogen and oxygen atoms in total. The van der Waals surface area contributed by atoms with Crippen LogP contribution < -0.4 is 19.5 Å². The van der Waals surface area contributed by atoms with E-state index in [0.717, 1.165) is 24.0 Å². The summed E-state index contributed by atoms with van der Waals surface area (Å²) in [6, 6.07) is 17.1. The molecular formula is C21H16N4O2S. The van der Waals surface area contributed by atoms with Crippen LogP contribution in [0.4, 0.5) is 5.69 Å².